The van der Waals surface area contributed by atoms with E-state index in [0.717, 1.165) is 34.4 Å². The maximum Gasteiger partial charge on any atom is 0.145 e. The second-order valence-corrected chi connectivity index (χ2v) is 8.18. The molecule has 0 spiro atoms. The highest BCUT2D eigenvalue weighted by Gasteiger charge is 2.52. The van der Waals surface area contributed by atoms with Crippen molar-refractivity contribution in [3.05, 3.63) is 64.1 Å². The minimum Gasteiger partial charge on any atom is -0.483 e. The summed E-state index contributed by atoms with van der Waals surface area (Å²) in [6.45, 7) is 4.16. The molecule has 1 N–H and O–H groups in total. The van der Waals surface area contributed by atoms with E-state index in [1.54, 1.807) is 0 Å². The van der Waals surface area contributed by atoms with Crippen LogP contribution in [0.15, 0.2) is 53.0 Å². The van der Waals surface area contributed by atoms with Gasteiger partial charge in [-0.05, 0) is 56.6 Å². The van der Waals surface area contributed by atoms with Crippen molar-refractivity contribution < 1.29 is 9.84 Å². The van der Waals surface area contributed by atoms with Gasteiger partial charge in [0.25, 0.3) is 0 Å². The van der Waals surface area contributed by atoms with E-state index in [2.05, 4.69) is 39.9 Å². The molecule has 0 saturated carbocycles. The van der Waals surface area contributed by atoms with Crippen molar-refractivity contribution in [1.82, 2.24) is 4.90 Å². The number of rotatable bonds is 2. The van der Waals surface area contributed by atoms with Crippen LogP contribution in [0.1, 0.15) is 49.5 Å². The quantitative estimate of drug-likeness (QED) is 0.779. The average molecular weight is 402 g/mol. The molecule has 1 saturated heterocycles. The number of piperidine rings is 1. The van der Waals surface area contributed by atoms with Crippen LogP contribution in [-0.4, -0.2) is 28.6 Å². The Balaban J connectivity index is 1.83. The Bertz CT molecular complexity index is 745. The van der Waals surface area contributed by atoms with E-state index in [0.29, 0.717) is 0 Å². The van der Waals surface area contributed by atoms with E-state index in [-0.39, 0.29) is 6.10 Å². The van der Waals surface area contributed by atoms with Crippen LogP contribution in [-0.2, 0) is 0 Å². The highest BCUT2D eigenvalue weighted by atomic mass is 79.9. The maximum absolute atomic E-state index is 11.4. The minimum absolute atomic E-state index is 0.199. The molecule has 4 heteroatoms. The lowest BCUT2D eigenvalue weighted by atomic mass is 9.76. The average Bonchev–Trinajstić information content (AvgIpc) is 2.66. The second kappa shape index (κ2) is 6.75. The first-order valence-corrected chi connectivity index (χ1v) is 9.84. The Morgan fingerprint density at radius 1 is 1.08 bits per heavy atom. The molecule has 2 heterocycles. The molecule has 25 heavy (non-hydrogen) atoms. The number of hydrogen-bond donors (Lipinski definition) is 1. The van der Waals surface area contributed by atoms with Crippen molar-refractivity contribution >= 4 is 15.9 Å². The maximum atomic E-state index is 11.4. The number of aliphatic hydroxyl groups is 1. The number of aliphatic hydroxyl groups excluding tert-OH is 1. The molecule has 4 rings (SSSR count). The molecule has 0 aliphatic carbocycles. The van der Waals surface area contributed by atoms with Crippen LogP contribution in [0.5, 0.6) is 5.75 Å². The Kier molecular flexibility index (Phi) is 4.61. The summed E-state index contributed by atoms with van der Waals surface area (Å²) in [5.74, 6) is 0.777. The van der Waals surface area contributed by atoms with Gasteiger partial charge in [-0.3, -0.25) is 4.90 Å². The van der Waals surface area contributed by atoms with Gasteiger partial charge in [0.15, 0.2) is 0 Å². The van der Waals surface area contributed by atoms with E-state index in [9.17, 15) is 5.11 Å². The van der Waals surface area contributed by atoms with E-state index in [4.69, 9.17) is 4.74 Å². The number of fused-ring (bicyclic) bond motifs is 1. The fourth-order valence-corrected chi connectivity index (χ4v) is 4.67. The summed E-state index contributed by atoms with van der Waals surface area (Å²) in [5.41, 5.74) is 1.49. The molecular weight excluding hydrogens is 378 g/mol. The van der Waals surface area contributed by atoms with Crippen LogP contribution in [0.4, 0.5) is 0 Å². The van der Waals surface area contributed by atoms with E-state index in [1.807, 2.05) is 36.4 Å². The van der Waals surface area contributed by atoms with Crippen molar-refractivity contribution in [2.75, 3.05) is 13.1 Å². The van der Waals surface area contributed by atoms with Crippen molar-refractivity contribution in [2.24, 2.45) is 0 Å². The zero-order valence-corrected chi connectivity index (χ0v) is 16.1. The number of nitrogens with zero attached hydrogens (tertiary/aromatic N) is 1. The summed E-state index contributed by atoms with van der Waals surface area (Å²) >= 11 is 3.53. The fraction of sp³-hybridized carbons (Fsp3) is 0.429. The van der Waals surface area contributed by atoms with Crippen molar-refractivity contribution in [3.8, 4) is 5.75 Å². The standard InChI is InChI=1S/C21H24BrNO2/c1-21(23-12-6-3-7-13-23)19(24)17-14-16(22)10-11-18(17)25-20(21)15-8-4-2-5-9-15/h2,4-5,8-11,14,19-20,24H,3,6-7,12-13H2,1H3/t19-,20-,21+/m1/s1. The molecule has 2 aromatic rings. The summed E-state index contributed by atoms with van der Waals surface area (Å²) in [4.78, 5) is 2.43. The van der Waals surface area contributed by atoms with Gasteiger partial charge >= 0.3 is 0 Å². The Hall–Kier alpha value is -1.36. The molecule has 0 unspecified atom stereocenters. The summed E-state index contributed by atoms with van der Waals surface area (Å²) in [5, 5.41) is 11.4. The number of ether oxygens (including phenoxy) is 1. The van der Waals surface area contributed by atoms with Gasteiger partial charge in [0.1, 0.15) is 18.0 Å². The predicted octanol–water partition coefficient (Wildman–Crippen LogP) is 4.86. The number of halogens is 1. The monoisotopic (exact) mass is 401 g/mol. The lowest BCUT2D eigenvalue weighted by Gasteiger charge is -2.53. The van der Waals surface area contributed by atoms with Gasteiger partial charge in [-0.15, -0.1) is 0 Å². The molecule has 0 aromatic heterocycles. The number of hydrogen-bond acceptors (Lipinski definition) is 3. The van der Waals surface area contributed by atoms with Crippen molar-refractivity contribution in [2.45, 2.75) is 43.9 Å². The van der Waals surface area contributed by atoms with Crippen LogP contribution in [0.3, 0.4) is 0 Å². The van der Waals surface area contributed by atoms with Gasteiger partial charge < -0.3 is 9.84 Å². The van der Waals surface area contributed by atoms with Crippen LogP contribution in [0, 0.1) is 0 Å². The topological polar surface area (TPSA) is 32.7 Å². The molecule has 2 aromatic carbocycles. The SMILES string of the molecule is C[C@]1(N2CCCCC2)[C@H](O)c2cc(Br)ccc2O[C@@H]1c1ccccc1. The van der Waals surface area contributed by atoms with Crippen LogP contribution in [0.2, 0.25) is 0 Å². The summed E-state index contributed by atoms with van der Waals surface area (Å²) < 4.78 is 7.46. The molecule has 1 fully saturated rings. The van der Waals surface area contributed by atoms with Gasteiger partial charge in [-0.1, -0.05) is 52.7 Å². The summed E-state index contributed by atoms with van der Waals surface area (Å²) in [7, 11) is 0. The highest BCUT2D eigenvalue weighted by Crippen LogP contribution is 2.51. The smallest absolute Gasteiger partial charge is 0.145 e. The zero-order valence-electron chi connectivity index (χ0n) is 14.5. The lowest BCUT2D eigenvalue weighted by molar-refractivity contribution is -0.113. The molecule has 2 aliphatic rings. The normalized spacial score (nSPS) is 29.7. The van der Waals surface area contributed by atoms with E-state index < -0.39 is 11.6 Å². The molecule has 3 atom stereocenters. The third kappa shape index (κ3) is 2.90. The summed E-state index contributed by atoms with van der Waals surface area (Å²) in [6, 6.07) is 16.2. The largest absolute Gasteiger partial charge is 0.483 e. The zero-order chi connectivity index (χ0) is 17.4. The third-order valence-corrected chi connectivity index (χ3v) is 6.23. The molecule has 0 amide bonds. The van der Waals surface area contributed by atoms with Gasteiger partial charge in [-0.2, -0.15) is 0 Å². The summed E-state index contributed by atoms with van der Waals surface area (Å²) in [6.07, 6.45) is 2.82. The second-order valence-electron chi connectivity index (χ2n) is 7.27. The van der Waals surface area contributed by atoms with E-state index in [1.165, 1.54) is 19.3 Å². The molecule has 3 nitrogen and oxygen atoms in total. The van der Waals surface area contributed by atoms with Gasteiger partial charge in [0, 0.05) is 10.0 Å². The third-order valence-electron chi connectivity index (χ3n) is 5.74. The first-order chi connectivity index (χ1) is 12.1. The molecule has 132 valence electrons. The van der Waals surface area contributed by atoms with Crippen LogP contribution >= 0.6 is 15.9 Å². The minimum atomic E-state index is -0.600. The van der Waals surface area contributed by atoms with Gasteiger partial charge in [0.05, 0.1) is 5.54 Å². The van der Waals surface area contributed by atoms with E-state index >= 15 is 0 Å². The van der Waals surface area contributed by atoms with Crippen molar-refractivity contribution in [1.29, 1.82) is 0 Å². The first-order valence-electron chi connectivity index (χ1n) is 9.05. The molecule has 0 radical (unpaired) electrons. The van der Waals surface area contributed by atoms with Gasteiger partial charge in [0.2, 0.25) is 0 Å². The first kappa shape index (κ1) is 17.1. The Morgan fingerprint density at radius 2 is 1.80 bits per heavy atom. The number of likely N-dealkylation sites (tertiary alicyclic amines) is 1. The van der Waals surface area contributed by atoms with Crippen molar-refractivity contribution in [3.63, 3.8) is 0 Å². The Labute approximate surface area is 157 Å². The molecule has 2 aliphatic heterocycles. The Morgan fingerprint density at radius 3 is 2.52 bits per heavy atom. The lowest BCUT2D eigenvalue weighted by Crippen LogP contribution is -2.59. The van der Waals surface area contributed by atoms with Crippen LogP contribution in [0.25, 0.3) is 0 Å². The number of benzene rings is 2. The molecule has 0 bridgehead atoms. The van der Waals surface area contributed by atoms with Crippen LogP contribution < -0.4 is 4.74 Å². The van der Waals surface area contributed by atoms with Gasteiger partial charge in [-0.25, -0.2) is 0 Å². The predicted molar refractivity (Wildman–Crippen MR) is 103 cm³/mol. The fourth-order valence-electron chi connectivity index (χ4n) is 4.29. The molecular formula is C21H24BrNO2. The highest BCUT2D eigenvalue weighted by molar-refractivity contribution is 9.10.